The SMILES string of the molecule is COCCNC(=O)[C@@H](C)OC(=O)c1cc([N+](=O)[O-])ccc1NCc1ccccc1. The summed E-state index contributed by atoms with van der Waals surface area (Å²) in [4.78, 5) is 35.1. The minimum Gasteiger partial charge on any atom is -0.449 e. The Kier molecular flexibility index (Phi) is 8.11. The highest BCUT2D eigenvalue weighted by molar-refractivity contribution is 5.98. The molecular formula is C20H23N3O6. The number of amides is 1. The highest BCUT2D eigenvalue weighted by Crippen LogP contribution is 2.24. The molecule has 2 rings (SSSR count). The van der Waals surface area contributed by atoms with Gasteiger partial charge in [0, 0.05) is 38.0 Å². The number of rotatable bonds is 10. The van der Waals surface area contributed by atoms with Crippen LogP contribution in [-0.2, 0) is 20.8 Å². The first-order chi connectivity index (χ1) is 13.9. The highest BCUT2D eigenvalue weighted by Gasteiger charge is 2.23. The molecule has 0 aliphatic heterocycles. The second-order valence-corrected chi connectivity index (χ2v) is 6.16. The first-order valence-corrected chi connectivity index (χ1v) is 8.96. The molecule has 1 atom stereocenters. The van der Waals surface area contributed by atoms with Crippen LogP contribution in [0.5, 0.6) is 0 Å². The third-order valence-electron chi connectivity index (χ3n) is 4.02. The maximum atomic E-state index is 12.6. The Bertz CT molecular complexity index is 857. The van der Waals surface area contributed by atoms with E-state index < -0.39 is 22.9 Å². The summed E-state index contributed by atoms with van der Waals surface area (Å²) in [6.07, 6.45) is -1.07. The molecule has 0 bridgehead atoms. The molecule has 0 heterocycles. The molecule has 2 N–H and O–H groups in total. The largest absolute Gasteiger partial charge is 0.449 e. The number of anilines is 1. The number of methoxy groups -OCH3 is 1. The fourth-order valence-corrected chi connectivity index (χ4v) is 2.46. The summed E-state index contributed by atoms with van der Waals surface area (Å²) in [7, 11) is 1.50. The van der Waals surface area contributed by atoms with Crippen LogP contribution in [0.15, 0.2) is 48.5 Å². The smallest absolute Gasteiger partial charge is 0.341 e. The van der Waals surface area contributed by atoms with Crippen LogP contribution in [0.2, 0.25) is 0 Å². The van der Waals surface area contributed by atoms with Gasteiger partial charge in [0.15, 0.2) is 6.10 Å². The van der Waals surface area contributed by atoms with Crippen molar-refractivity contribution in [2.45, 2.75) is 19.6 Å². The lowest BCUT2D eigenvalue weighted by Gasteiger charge is -2.16. The van der Waals surface area contributed by atoms with Crippen molar-refractivity contribution in [2.75, 3.05) is 25.6 Å². The van der Waals surface area contributed by atoms with Crippen LogP contribution in [0.4, 0.5) is 11.4 Å². The lowest BCUT2D eigenvalue weighted by molar-refractivity contribution is -0.384. The van der Waals surface area contributed by atoms with E-state index in [1.54, 1.807) is 0 Å². The van der Waals surface area contributed by atoms with Crippen LogP contribution in [0.1, 0.15) is 22.8 Å². The molecule has 0 aromatic heterocycles. The summed E-state index contributed by atoms with van der Waals surface area (Å²) < 4.78 is 10.0. The van der Waals surface area contributed by atoms with Gasteiger partial charge in [0.05, 0.1) is 17.1 Å². The topological polar surface area (TPSA) is 120 Å². The summed E-state index contributed by atoms with van der Waals surface area (Å²) in [6.45, 7) is 2.43. The molecule has 29 heavy (non-hydrogen) atoms. The molecule has 2 aromatic carbocycles. The predicted molar refractivity (Wildman–Crippen MR) is 107 cm³/mol. The van der Waals surface area contributed by atoms with Gasteiger partial charge in [-0.1, -0.05) is 30.3 Å². The van der Waals surface area contributed by atoms with Gasteiger partial charge < -0.3 is 20.1 Å². The van der Waals surface area contributed by atoms with Crippen molar-refractivity contribution in [1.82, 2.24) is 5.32 Å². The van der Waals surface area contributed by atoms with E-state index in [0.717, 1.165) is 11.6 Å². The molecule has 1 amide bonds. The average Bonchev–Trinajstić information content (AvgIpc) is 2.72. The number of esters is 1. The Balaban J connectivity index is 2.14. The molecule has 0 saturated carbocycles. The van der Waals surface area contributed by atoms with Crippen molar-refractivity contribution in [3.05, 3.63) is 69.8 Å². The molecule has 9 nitrogen and oxygen atoms in total. The molecule has 0 radical (unpaired) electrons. The minimum atomic E-state index is -1.07. The Morgan fingerprint density at radius 3 is 2.55 bits per heavy atom. The number of nitrogens with one attached hydrogen (secondary N) is 2. The lowest BCUT2D eigenvalue weighted by atomic mass is 10.1. The Labute approximate surface area is 168 Å². The molecular weight excluding hydrogens is 378 g/mol. The number of ether oxygens (including phenoxy) is 2. The third-order valence-corrected chi connectivity index (χ3v) is 4.02. The van der Waals surface area contributed by atoms with Crippen LogP contribution >= 0.6 is 0 Å². The van der Waals surface area contributed by atoms with Crippen molar-refractivity contribution >= 4 is 23.3 Å². The fourth-order valence-electron chi connectivity index (χ4n) is 2.46. The number of hydrogen-bond donors (Lipinski definition) is 2. The van der Waals surface area contributed by atoms with E-state index in [-0.39, 0.29) is 17.8 Å². The van der Waals surface area contributed by atoms with Crippen molar-refractivity contribution in [2.24, 2.45) is 0 Å². The zero-order valence-electron chi connectivity index (χ0n) is 16.2. The van der Waals surface area contributed by atoms with Gasteiger partial charge in [-0.3, -0.25) is 14.9 Å². The molecule has 0 fully saturated rings. The Hall–Kier alpha value is -3.46. The summed E-state index contributed by atoms with van der Waals surface area (Å²) >= 11 is 0. The molecule has 9 heteroatoms. The van der Waals surface area contributed by atoms with E-state index in [1.807, 2.05) is 30.3 Å². The number of benzene rings is 2. The first kappa shape index (κ1) is 21.8. The number of carbonyl (C=O) groups is 2. The van der Waals surface area contributed by atoms with Gasteiger partial charge in [0.1, 0.15) is 0 Å². The monoisotopic (exact) mass is 401 g/mol. The Morgan fingerprint density at radius 1 is 1.17 bits per heavy atom. The van der Waals surface area contributed by atoms with Crippen LogP contribution in [-0.4, -0.2) is 43.2 Å². The molecule has 154 valence electrons. The zero-order valence-corrected chi connectivity index (χ0v) is 16.2. The van der Waals surface area contributed by atoms with E-state index in [2.05, 4.69) is 10.6 Å². The second kappa shape index (κ2) is 10.8. The summed E-state index contributed by atoms with van der Waals surface area (Å²) in [5, 5.41) is 16.7. The third kappa shape index (κ3) is 6.58. The number of nitro groups is 1. The zero-order chi connectivity index (χ0) is 21.2. The van der Waals surface area contributed by atoms with E-state index >= 15 is 0 Å². The van der Waals surface area contributed by atoms with Crippen molar-refractivity contribution in [3.63, 3.8) is 0 Å². The molecule has 0 unspecified atom stereocenters. The fraction of sp³-hybridized carbons (Fsp3) is 0.300. The van der Waals surface area contributed by atoms with E-state index in [4.69, 9.17) is 9.47 Å². The quantitative estimate of drug-likeness (QED) is 0.272. The van der Waals surface area contributed by atoms with E-state index in [0.29, 0.717) is 18.8 Å². The first-order valence-electron chi connectivity index (χ1n) is 8.96. The summed E-state index contributed by atoms with van der Waals surface area (Å²) in [5.74, 6) is -1.32. The maximum absolute atomic E-state index is 12.6. The van der Waals surface area contributed by atoms with Gasteiger partial charge in [0.2, 0.25) is 0 Å². The van der Waals surface area contributed by atoms with Crippen LogP contribution in [0, 0.1) is 10.1 Å². The molecule has 2 aromatic rings. The van der Waals surface area contributed by atoms with Gasteiger partial charge in [-0.25, -0.2) is 4.79 Å². The van der Waals surface area contributed by atoms with Crippen molar-refractivity contribution in [1.29, 1.82) is 0 Å². The number of hydrogen-bond acceptors (Lipinski definition) is 7. The van der Waals surface area contributed by atoms with E-state index in [9.17, 15) is 19.7 Å². The predicted octanol–water partition coefficient (Wildman–Crippen LogP) is 2.51. The number of nitro benzene ring substituents is 1. The van der Waals surface area contributed by atoms with Gasteiger partial charge in [-0.2, -0.15) is 0 Å². The molecule has 0 aliphatic rings. The number of non-ortho nitro benzene ring substituents is 1. The van der Waals surface area contributed by atoms with Gasteiger partial charge in [-0.15, -0.1) is 0 Å². The molecule has 0 spiro atoms. The van der Waals surface area contributed by atoms with Crippen LogP contribution in [0.3, 0.4) is 0 Å². The van der Waals surface area contributed by atoms with Gasteiger partial charge in [-0.05, 0) is 18.6 Å². The van der Waals surface area contributed by atoms with E-state index in [1.165, 1.54) is 26.2 Å². The molecule has 0 aliphatic carbocycles. The number of carbonyl (C=O) groups excluding carboxylic acids is 2. The summed E-state index contributed by atoms with van der Waals surface area (Å²) in [6, 6.07) is 13.3. The minimum absolute atomic E-state index is 0.0216. The van der Waals surface area contributed by atoms with Gasteiger partial charge >= 0.3 is 5.97 Å². The highest BCUT2D eigenvalue weighted by atomic mass is 16.6. The Morgan fingerprint density at radius 2 is 1.90 bits per heavy atom. The maximum Gasteiger partial charge on any atom is 0.341 e. The average molecular weight is 401 g/mol. The normalized spacial score (nSPS) is 11.4. The van der Waals surface area contributed by atoms with Crippen LogP contribution < -0.4 is 10.6 Å². The van der Waals surface area contributed by atoms with Gasteiger partial charge in [0.25, 0.3) is 11.6 Å². The van der Waals surface area contributed by atoms with Crippen molar-refractivity contribution < 1.29 is 24.0 Å². The van der Waals surface area contributed by atoms with Crippen molar-refractivity contribution in [3.8, 4) is 0 Å². The lowest BCUT2D eigenvalue weighted by Crippen LogP contribution is -2.37. The molecule has 0 saturated heterocycles. The second-order valence-electron chi connectivity index (χ2n) is 6.16. The van der Waals surface area contributed by atoms with Crippen LogP contribution in [0.25, 0.3) is 0 Å². The number of nitrogens with zero attached hydrogens (tertiary/aromatic N) is 1. The standard InChI is InChI=1S/C20H23N3O6/c1-14(19(24)21-10-11-28-2)29-20(25)17-12-16(23(26)27)8-9-18(17)22-13-15-6-4-3-5-7-15/h3-9,12,14,22H,10-11,13H2,1-2H3,(H,21,24)/t14-/m1/s1. The summed E-state index contributed by atoms with van der Waals surface area (Å²) in [5.41, 5.74) is 1.07.